The molecule has 7 nitrogen and oxygen atoms in total. The molecule has 21 heavy (non-hydrogen) atoms. The van der Waals surface area contributed by atoms with Crippen molar-refractivity contribution in [1.29, 1.82) is 0 Å². The van der Waals surface area contributed by atoms with E-state index in [1.54, 1.807) is 11.1 Å². The fraction of sp³-hybridized carbons (Fsp3) is 0.286. The first kappa shape index (κ1) is 13.3. The lowest BCUT2D eigenvalue weighted by atomic mass is 10.3. The van der Waals surface area contributed by atoms with Crippen molar-refractivity contribution >= 4 is 23.9 Å². The summed E-state index contributed by atoms with van der Waals surface area (Å²) in [7, 11) is 0. The van der Waals surface area contributed by atoms with E-state index < -0.39 is 0 Å². The van der Waals surface area contributed by atoms with Crippen LogP contribution >= 0.6 is 0 Å². The summed E-state index contributed by atoms with van der Waals surface area (Å²) in [6.07, 6.45) is 2.47. The van der Waals surface area contributed by atoms with E-state index in [0.717, 1.165) is 25.2 Å². The maximum atomic E-state index is 10.7. The maximum Gasteiger partial charge on any atom is 0.247 e. The lowest BCUT2D eigenvalue weighted by molar-refractivity contribution is -0.118. The molecule has 0 spiro atoms. The molecule has 1 aliphatic rings. The summed E-state index contributed by atoms with van der Waals surface area (Å²) in [5.41, 5.74) is 0.953. The van der Waals surface area contributed by atoms with Gasteiger partial charge in [0.05, 0.1) is 6.20 Å². The lowest BCUT2D eigenvalue weighted by Gasteiger charge is -2.32. The average molecular weight is 284 g/mol. The van der Waals surface area contributed by atoms with Gasteiger partial charge in [-0.05, 0) is 12.1 Å². The van der Waals surface area contributed by atoms with E-state index in [4.69, 9.17) is 0 Å². The van der Waals surface area contributed by atoms with Crippen LogP contribution in [0.25, 0.3) is 0 Å². The van der Waals surface area contributed by atoms with Gasteiger partial charge in [0.25, 0.3) is 0 Å². The normalized spacial score (nSPS) is 14.9. The van der Waals surface area contributed by atoms with Crippen LogP contribution in [-0.4, -0.2) is 52.7 Å². The molecule has 1 saturated heterocycles. The van der Waals surface area contributed by atoms with E-state index >= 15 is 0 Å². The first-order valence-corrected chi connectivity index (χ1v) is 6.81. The number of hydrogen-bond donors (Lipinski definition) is 1. The number of para-hydroxylation sites is 1. The highest BCUT2D eigenvalue weighted by molar-refractivity contribution is 5.56. The van der Waals surface area contributed by atoms with E-state index in [1.165, 1.54) is 0 Å². The molecule has 1 aromatic heterocycles. The highest BCUT2D eigenvalue weighted by Gasteiger charge is 2.18. The number of benzene rings is 1. The minimum atomic E-state index is 0.585. The first-order chi connectivity index (χ1) is 10.3. The average Bonchev–Trinajstić information content (AvgIpc) is 2.56. The molecule has 0 radical (unpaired) electrons. The van der Waals surface area contributed by atoms with Gasteiger partial charge in [-0.1, -0.05) is 18.2 Å². The van der Waals surface area contributed by atoms with Crippen molar-refractivity contribution in [2.24, 2.45) is 0 Å². The molecule has 2 heterocycles. The van der Waals surface area contributed by atoms with Gasteiger partial charge in [-0.3, -0.25) is 4.79 Å². The summed E-state index contributed by atoms with van der Waals surface area (Å²) < 4.78 is 0. The Morgan fingerprint density at radius 1 is 1.10 bits per heavy atom. The Bertz CT molecular complexity index is 597. The van der Waals surface area contributed by atoms with Crippen LogP contribution < -0.4 is 10.2 Å². The predicted molar refractivity (Wildman–Crippen MR) is 79.4 cm³/mol. The zero-order valence-corrected chi connectivity index (χ0v) is 11.5. The molecule has 1 N–H and O–H groups in total. The topological polar surface area (TPSA) is 74.2 Å². The summed E-state index contributed by atoms with van der Waals surface area (Å²) >= 11 is 0. The standard InChI is InChI=1S/C14H16N6O/c21-11-19-6-8-20(9-7-19)14-17-13(10-15-18-14)16-12-4-2-1-3-5-12/h1-5,10-11H,6-9H2,(H,16,17,18). The Balaban J connectivity index is 1.70. The van der Waals surface area contributed by atoms with Crippen LogP contribution in [0.5, 0.6) is 0 Å². The van der Waals surface area contributed by atoms with Crippen molar-refractivity contribution in [3.8, 4) is 0 Å². The molecule has 0 aliphatic carbocycles. The molecule has 1 fully saturated rings. The van der Waals surface area contributed by atoms with E-state index in [1.807, 2.05) is 35.2 Å². The molecular weight excluding hydrogens is 268 g/mol. The summed E-state index contributed by atoms with van der Waals surface area (Å²) in [6, 6.07) is 9.80. The Morgan fingerprint density at radius 2 is 1.86 bits per heavy atom. The molecule has 0 atom stereocenters. The van der Waals surface area contributed by atoms with Crippen molar-refractivity contribution in [3.63, 3.8) is 0 Å². The van der Waals surface area contributed by atoms with Gasteiger partial charge >= 0.3 is 0 Å². The second-order valence-electron chi connectivity index (χ2n) is 4.76. The first-order valence-electron chi connectivity index (χ1n) is 6.81. The number of nitrogens with one attached hydrogen (secondary N) is 1. The number of carbonyl (C=O) groups is 1. The van der Waals surface area contributed by atoms with Gasteiger partial charge in [-0.2, -0.15) is 10.1 Å². The van der Waals surface area contributed by atoms with Gasteiger partial charge < -0.3 is 15.1 Å². The van der Waals surface area contributed by atoms with Crippen LogP contribution in [-0.2, 0) is 4.79 Å². The van der Waals surface area contributed by atoms with Crippen molar-refractivity contribution < 1.29 is 4.79 Å². The van der Waals surface area contributed by atoms with Gasteiger partial charge in [-0.15, -0.1) is 5.10 Å². The molecule has 0 unspecified atom stereocenters. The molecule has 3 rings (SSSR count). The Morgan fingerprint density at radius 3 is 2.57 bits per heavy atom. The van der Waals surface area contributed by atoms with Crippen LogP contribution in [0.1, 0.15) is 0 Å². The predicted octanol–water partition coefficient (Wildman–Crippen LogP) is 0.894. The van der Waals surface area contributed by atoms with Gasteiger partial charge in [0.2, 0.25) is 12.4 Å². The van der Waals surface area contributed by atoms with Crippen LogP contribution in [0.4, 0.5) is 17.5 Å². The van der Waals surface area contributed by atoms with Gasteiger partial charge in [0, 0.05) is 31.9 Å². The second kappa shape index (κ2) is 6.17. The Kier molecular flexibility index (Phi) is 3.90. The molecular formula is C14H16N6O. The van der Waals surface area contributed by atoms with Crippen molar-refractivity contribution in [1.82, 2.24) is 20.1 Å². The largest absolute Gasteiger partial charge is 0.342 e. The highest BCUT2D eigenvalue weighted by atomic mass is 16.1. The Labute approximate surface area is 122 Å². The minimum absolute atomic E-state index is 0.585. The van der Waals surface area contributed by atoms with E-state index in [2.05, 4.69) is 20.5 Å². The van der Waals surface area contributed by atoms with E-state index in [-0.39, 0.29) is 0 Å². The molecule has 7 heteroatoms. The maximum absolute atomic E-state index is 10.7. The van der Waals surface area contributed by atoms with Crippen LogP contribution in [0.2, 0.25) is 0 Å². The summed E-state index contributed by atoms with van der Waals surface area (Å²) in [4.78, 5) is 19.0. The third-order valence-electron chi connectivity index (χ3n) is 3.34. The van der Waals surface area contributed by atoms with Crippen molar-refractivity contribution in [3.05, 3.63) is 36.5 Å². The number of piperazine rings is 1. The van der Waals surface area contributed by atoms with Gasteiger partial charge in [-0.25, -0.2) is 0 Å². The number of nitrogens with zero attached hydrogens (tertiary/aromatic N) is 5. The lowest BCUT2D eigenvalue weighted by Crippen LogP contribution is -2.46. The molecule has 2 aromatic rings. The monoisotopic (exact) mass is 284 g/mol. The van der Waals surface area contributed by atoms with Crippen LogP contribution in [0.15, 0.2) is 36.5 Å². The third-order valence-corrected chi connectivity index (χ3v) is 3.34. The quantitative estimate of drug-likeness (QED) is 0.841. The number of hydrogen-bond acceptors (Lipinski definition) is 6. The van der Waals surface area contributed by atoms with Crippen molar-refractivity contribution in [2.75, 3.05) is 36.4 Å². The second-order valence-corrected chi connectivity index (χ2v) is 4.76. The summed E-state index contributed by atoms with van der Waals surface area (Å²) in [5, 5.41) is 11.3. The van der Waals surface area contributed by atoms with Crippen LogP contribution in [0, 0.1) is 0 Å². The molecule has 0 saturated carbocycles. The molecule has 1 amide bonds. The molecule has 0 bridgehead atoms. The minimum Gasteiger partial charge on any atom is -0.342 e. The summed E-state index contributed by atoms with van der Waals surface area (Å²) in [5.74, 6) is 1.24. The zero-order valence-electron chi connectivity index (χ0n) is 11.5. The molecule has 1 aromatic carbocycles. The fourth-order valence-electron chi connectivity index (χ4n) is 2.19. The highest BCUT2D eigenvalue weighted by Crippen LogP contribution is 2.16. The Hall–Kier alpha value is -2.70. The number of aromatic nitrogens is 3. The van der Waals surface area contributed by atoms with E-state index in [0.29, 0.717) is 24.9 Å². The van der Waals surface area contributed by atoms with Crippen LogP contribution in [0.3, 0.4) is 0 Å². The smallest absolute Gasteiger partial charge is 0.247 e. The number of carbonyl (C=O) groups excluding carboxylic acids is 1. The summed E-state index contributed by atoms with van der Waals surface area (Å²) in [6.45, 7) is 2.80. The number of rotatable bonds is 4. The number of anilines is 3. The molecule has 1 aliphatic heterocycles. The van der Waals surface area contributed by atoms with E-state index in [9.17, 15) is 4.79 Å². The van der Waals surface area contributed by atoms with Gasteiger partial charge in [0.15, 0.2) is 5.82 Å². The van der Waals surface area contributed by atoms with Crippen molar-refractivity contribution in [2.45, 2.75) is 0 Å². The fourth-order valence-corrected chi connectivity index (χ4v) is 2.19. The third kappa shape index (κ3) is 3.25. The molecule has 108 valence electrons. The SMILES string of the molecule is O=CN1CCN(c2nncc(Nc3ccccc3)n2)CC1. The number of amides is 1. The van der Waals surface area contributed by atoms with Gasteiger partial charge in [0.1, 0.15) is 0 Å². The zero-order chi connectivity index (χ0) is 14.5.